The Labute approximate surface area is 112 Å². The number of hydrogen-bond acceptors (Lipinski definition) is 5. The number of H-pyrrole nitrogens is 1. The van der Waals surface area contributed by atoms with E-state index in [4.69, 9.17) is 5.73 Å². The van der Waals surface area contributed by atoms with Crippen LogP contribution in [0.2, 0.25) is 0 Å². The van der Waals surface area contributed by atoms with Crippen LogP contribution in [-0.2, 0) is 10.0 Å². The zero-order valence-corrected chi connectivity index (χ0v) is 11.5. The second-order valence-corrected chi connectivity index (χ2v) is 6.72. The number of aliphatic hydroxyl groups is 1. The van der Waals surface area contributed by atoms with E-state index in [0.29, 0.717) is 6.54 Å². The first-order chi connectivity index (χ1) is 9.04. The highest BCUT2D eigenvalue weighted by Crippen LogP contribution is 2.29. The Balaban J connectivity index is 2.00. The third kappa shape index (κ3) is 3.26. The molecule has 0 aromatic carbocycles. The van der Waals surface area contributed by atoms with Crippen LogP contribution < -0.4 is 10.5 Å². The molecule has 1 aromatic rings. The van der Waals surface area contributed by atoms with Crippen LogP contribution in [-0.4, -0.2) is 36.9 Å². The molecule has 0 radical (unpaired) electrons. The maximum Gasteiger partial charge on any atom is 0.245 e. The molecule has 1 aliphatic carbocycles. The molecule has 0 amide bonds. The minimum absolute atomic E-state index is 0.0242. The molecule has 2 rings (SSSR count). The fourth-order valence-electron chi connectivity index (χ4n) is 2.59. The molecule has 0 aliphatic heterocycles. The molecule has 108 valence electrons. The lowest BCUT2D eigenvalue weighted by Gasteiger charge is -2.30. The predicted molar refractivity (Wildman–Crippen MR) is 70.7 cm³/mol. The molecule has 1 heterocycles. The number of sulfonamides is 1. The van der Waals surface area contributed by atoms with Crippen molar-refractivity contribution < 1.29 is 13.5 Å². The molecule has 1 saturated carbocycles. The van der Waals surface area contributed by atoms with Crippen molar-refractivity contribution in [3.8, 4) is 0 Å². The largest absolute Gasteiger partial charge is 0.396 e. The van der Waals surface area contributed by atoms with Gasteiger partial charge in [-0.05, 0) is 24.7 Å². The van der Waals surface area contributed by atoms with Crippen molar-refractivity contribution in [2.45, 2.75) is 30.6 Å². The van der Waals surface area contributed by atoms with Gasteiger partial charge in [0, 0.05) is 13.2 Å². The maximum absolute atomic E-state index is 12.0. The lowest BCUT2D eigenvalue weighted by atomic mass is 9.80. The smallest absolute Gasteiger partial charge is 0.245 e. The van der Waals surface area contributed by atoms with Crippen LogP contribution >= 0.6 is 0 Å². The van der Waals surface area contributed by atoms with E-state index < -0.39 is 10.0 Å². The van der Waals surface area contributed by atoms with Gasteiger partial charge < -0.3 is 10.8 Å². The summed E-state index contributed by atoms with van der Waals surface area (Å²) in [7, 11) is -3.63. The zero-order chi connectivity index (χ0) is 13.9. The van der Waals surface area contributed by atoms with Crippen molar-refractivity contribution in [2.75, 3.05) is 18.9 Å². The molecule has 0 bridgehead atoms. The van der Waals surface area contributed by atoms with E-state index >= 15 is 0 Å². The van der Waals surface area contributed by atoms with Crippen LogP contribution in [0.1, 0.15) is 25.7 Å². The summed E-state index contributed by atoms with van der Waals surface area (Å²) in [5.41, 5.74) is 5.51. The summed E-state index contributed by atoms with van der Waals surface area (Å²) in [6, 6.07) is 0. The van der Waals surface area contributed by atoms with Gasteiger partial charge in [0.05, 0.1) is 6.20 Å². The molecule has 1 aromatic heterocycles. The number of anilines is 1. The molecule has 2 atom stereocenters. The van der Waals surface area contributed by atoms with Gasteiger partial charge in [-0.3, -0.25) is 5.10 Å². The summed E-state index contributed by atoms with van der Waals surface area (Å²) in [6.45, 7) is 0.443. The highest BCUT2D eigenvalue weighted by molar-refractivity contribution is 7.89. The quantitative estimate of drug-likeness (QED) is 0.611. The third-order valence-electron chi connectivity index (χ3n) is 3.76. The fraction of sp³-hybridized carbons (Fsp3) is 0.727. The molecule has 1 fully saturated rings. The van der Waals surface area contributed by atoms with Crippen LogP contribution in [0.25, 0.3) is 0 Å². The van der Waals surface area contributed by atoms with E-state index in [1.807, 2.05) is 0 Å². The zero-order valence-electron chi connectivity index (χ0n) is 10.7. The van der Waals surface area contributed by atoms with Crippen molar-refractivity contribution in [1.29, 1.82) is 0 Å². The van der Waals surface area contributed by atoms with Crippen molar-refractivity contribution >= 4 is 15.8 Å². The lowest BCUT2D eigenvalue weighted by Crippen LogP contribution is -2.35. The molecule has 1 aliphatic rings. The van der Waals surface area contributed by atoms with Gasteiger partial charge in [-0.2, -0.15) is 5.10 Å². The molecule has 19 heavy (non-hydrogen) atoms. The second kappa shape index (κ2) is 5.89. The lowest BCUT2D eigenvalue weighted by molar-refractivity contribution is 0.136. The first-order valence-corrected chi connectivity index (χ1v) is 7.92. The monoisotopic (exact) mass is 288 g/mol. The summed E-state index contributed by atoms with van der Waals surface area (Å²) >= 11 is 0. The van der Waals surface area contributed by atoms with E-state index in [-0.39, 0.29) is 29.2 Å². The third-order valence-corrected chi connectivity index (χ3v) is 5.21. The van der Waals surface area contributed by atoms with Gasteiger partial charge in [-0.15, -0.1) is 0 Å². The van der Waals surface area contributed by atoms with E-state index in [1.165, 1.54) is 6.20 Å². The molecule has 8 heteroatoms. The second-order valence-electron chi connectivity index (χ2n) is 4.99. The van der Waals surface area contributed by atoms with Gasteiger partial charge in [0.1, 0.15) is 10.7 Å². The fourth-order valence-corrected chi connectivity index (χ4v) is 3.70. The number of hydrogen-bond donors (Lipinski definition) is 4. The molecule has 0 saturated heterocycles. The minimum Gasteiger partial charge on any atom is -0.396 e. The van der Waals surface area contributed by atoms with Crippen molar-refractivity contribution in [3.63, 3.8) is 0 Å². The topological polar surface area (TPSA) is 121 Å². The van der Waals surface area contributed by atoms with Crippen LogP contribution in [0.3, 0.4) is 0 Å². The summed E-state index contributed by atoms with van der Waals surface area (Å²) < 4.78 is 26.6. The first-order valence-electron chi connectivity index (χ1n) is 6.44. The summed E-state index contributed by atoms with van der Waals surface area (Å²) in [6.07, 6.45) is 5.27. The Morgan fingerprint density at radius 1 is 1.42 bits per heavy atom. The number of nitrogens with two attached hydrogens (primary N) is 1. The summed E-state index contributed by atoms with van der Waals surface area (Å²) in [4.78, 5) is -0.0242. The number of aromatic amines is 1. The molecule has 2 unspecified atom stereocenters. The Bertz CT molecular complexity index is 514. The summed E-state index contributed by atoms with van der Waals surface area (Å²) in [5, 5.41) is 15.3. The average molecular weight is 288 g/mol. The number of rotatable bonds is 5. The number of aromatic nitrogens is 2. The van der Waals surface area contributed by atoms with E-state index in [9.17, 15) is 13.5 Å². The van der Waals surface area contributed by atoms with E-state index in [1.54, 1.807) is 0 Å². The molecular weight excluding hydrogens is 268 g/mol. The Morgan fingerprint density at radius 3 is 2.68 bits per heavy atom. The predicted octanol–water partition coefficient (Wildman–Crippen LogP) is 0.0689. The molecule has 7 nitrogen and oxygen atoms in total. The number of aliphatic hydroxyl groups excluding tert-OH is 1. The Hall–Kier alpha value is -1.12. The van der Waals surface area contributed by atoms with Crippen molar-refractivity contribution in [2.24, 2.45) is 11.8 Å². The number of nitrogens with zero attached hydrogens (tertiary/aromatic N) is 1. The summed E-state index contributed by atoms with van der Waals surface area (Å²) in [5.74, 6) is 0.398. The molecular formula is C11H20N4O3S. The normalized spacial score (nSPS) is 24.5. The van der Waals surface area contributed by atoms with Crippen LogP contribution in [0.15, 0.2) is 11.1 Å². The van der Waals surface area contributed by atoms with E-state index in [2.05, 4.69) is 14.9 Å². The van der Waals surface area contributed by atoms with Crippen molar-refractivity contribution in [3.05, 3.63) is 6.20 Å². The van der Waals surface area contributed by atoms with Gasteiger partial charge >= 0.3 is 0 Å². The van der Waals surface area contributed by atoms with Gasteiger partial charge in [-0.25, -0.2) is 13.1 Å². The van der Waals surface area contributed by atoms with E-state index in [0.717, 1.165) is 25.7 Å². The highest BCUT2D eigenvalue weighted by atomic mass is 32.2. The van der Waals surface area contributed by atoms with Gasteiger partial charge in [-0.1, -0.05) is 12.8 Å². The maximum atomic E-state index is 12.0. The average Bonchev–Trinajstić information content (AvgIpc) is 2.84. The van der Waals surface area contributed by atoms with Crippen LogP contribution in [0, 0.1) is 11.8 Å². The Morgan fingerprint density at radius 2 is 2.11 bits per heavy atom. The van der Waals surface area contributed by atoms with Gasteiger partial charge in [0.2, 0.25) is 10.0 Å². The van der Waals surface area contributed by atoms with Crippen molar-refractivity contribution in [1.82, 2.24) is 14.9 Å². The SMILES string of the molecule is Nc1[nH]ncc1S(=O)(=O)NCC1CCCCC1CO. The minimum atomic E-state index is -3.63. The first kappa shape index (κ1) is 14.3. The van der Waals surface area contributed by atoms with Crippen LogP contribution in [0.4, 0.5) is 5.82 Å². The molecule has 5 N–H and O–H groups in total. The van der Waals surface area contributed by atoms with Gasteiger partial charge in [0.25, 0.3) is 0 Å². The Kier molecular flexibility index (Phi) is 4.43. The van der Waals surface area contributed by atoms with Crippen LogP contribution in [0.5, 0.6) is 0 Å². The standard InChI is InChI=1S/C11H20N4O3S/c12-11-10(6-13-15-11)19(17,18)14-5-8-3-1-2-4-9(8)7-16/h6,8-9,14,16H,1-5,7H2,(H3,12,13,15). The number of nitrogens with one attached hydrogen (secondary N) is 2. The highest BCUT2D eigenvalue weighted by Gasteiger charge is 2.27. The van der Waals surface area contributed by atoms with Gasteiger partial charge in [0.15, 0.2) is 0 Å². The molecule has 0 spiro atoms. The number of nitrogen functional groups attached to an aromatic ring is 1.